The molecule has 2 rings (SSSR count). The summed E-state index contributed by atoms with van der Waals surface area (Å²) in [5.41, 5.74) is 8.77. The van der Waals surface area contributed by atoms with Crippen LogP contribution in [-0.2, 0) is 0 Å². The largest absolute Gasteiger partial charge is 0.396 e. The van der Waals surface area contributed by atoms with Crippen LogP contribution in [0.4, 0.5) is 0 Å². The van der Waals surface area contributed by atoms with Gasteiger partial charge in [0, 0.05) is 18.7 Å². The smallest absolute Gasteiger partial charge is 0.0431 e. The maximum absolute atomic E-state index is 8.71. The normalized spacial score (nSPS) is 22.7. The van der Waals surface area contributed by atoms with Gasteiger partial charge in [-0.2, -0.15) is 0 Å². The first-order valence-corrected chi connectivity index (χ1v) is 6.51. The molecule has 2 atom stereocenters. The summed E-state index contributed by atoms with van der Waals surface area (Å²) in [6.07, 6.45) is 4.11. The van der Waals surface area contributed by atoms with E-state index < -0.39 is 0 Å². The second-order valence-corrected chi connectivity index (χ2v) is 4.76. The number of rotatable bonds is 6. The van der Waals surface area contributed by atoms with E-state index in [-0.39, 0.29) is 6.04 Å². The second kappa shape index (κ2) is 6.15. The average Bonchev–Trinajstić information content (AvgIpc) is 2.67. The minimum absolute atomic E-state index is 0.182. The van der Waals surface area contributed by atoms with E-state index in [0.717, 1.165) is 32.2 Å². The molecule has 17 heavy (non-hydrogen) atoms. The third kappa shape index (κ3) is 3.06. The molecule has 0 saturated carbocycles. The fourth-order valence-electron chi connectivity index (χ4n) is 2.56. The maximum Gasteiger partial charge on any atom is 0.0431 e. The van der Waals surface area contributed by atoms with Gasteiger partial charge in [0.05, 0.1) is 0 Å². The van der Waals surface area contributed by atoms with Crippen molar-refractivity contribution < 1.29 is 5.11 Å². The van der Waals surface area contributed by atoms with Gasteiger partial charge in [0.25, 0.3) is 0 Å². The first-order chi connectivity index (χ1) is 8.33. The summed E-state index contributed by atoms with van der Waals surface area (Å²) in [5.74, 6) is 0. The molecule has 4 N–H and O–H groups in total. The van der Waals surface area contributed by atoms with Gasteiger partial charge >= 0.3 is 0 Å². The van der Waals surface area contributed by atoms with Crippen molar-refractivity contribution in [2.45, 2.75) is 37.8 Å². The molecule has 1 aromatic rings. The zero-order valence-corrected chi connectivity index (χ0v) is 10.2. The molecule has 1 aliphatic carbocycles. The molecule has 3 nitrogen and oxygen atoms in total. The lowest BCUT2D eigenvalue weighted by Gasteiger charge is -2.13. The number of fused-ring (bicyclic) bond motifs is 1. The van der Waals surface area contributed by atoms with Crippen LogP contribution < -0.4 is 11.1 Å². The molecule has 0 fully saturated rings. The van der Waals surface area contributed by atoms with Gasteiger partial charge in [0.2, 0.25) is 0 Å². The Balaban J connectivity index is 1.83. The molecule has 0 amide bonds. The van der Waals surface area contributed by atoms with Crippen LogP contribution in [0, 0.1) is 0 Å². The minimum atomic E-state index is 0.182. The zero-order chi connectivity index (χ0) is 12.1. The summed E-state index contributed by atoms with van der Waals surface area (Å²) in [5, 5.41) is 12.3. The van der Waals surface area contributed by atoms with E-state index in [2.05, 4.69) is 29.6 Å². The van der Waals surface area contributed by atoms with Gasteiger partial charge in [-0.1, -0.05) is 24.3 Å². The standard InChI is InChI=1S/C14H22N2O/c15-13-10-14(16-8-4-1-5-9-17)12-7-3-2-6-11(12)13/h2-3,6-7,13-14,16-17H,1,4-5,8-10,15H2. The van der Waals surface area contributed by atoms with Crippen molar-refractivity contribution in [3.05, 3.63) is 35.4 Å². The Morgan fingerprint density at radius 2 is 1.94 bits per heavy atom. The molecule has 1 aromatic carbocycles. The zero-order valence-electron chi connectivity index (χ0n) is 10.2. The first-order valence-electron chi connectivity index (χ1n) is 6.51. The lowest BCUT2D eigenvalue weighted by molar-refractivity contribution is 0.282. The summed E-state index contributed by atoms with van der Waals surface area (Å²) < 4.78 is 0. The monoisotopic (exact) mass is 234 g/mol. The molecule has 2 unspecified atom stereocenters. The maximum atomic E-state index is 8.71. The van der Waals surface area contributed by atoms with Gasteiger partial charge in [-0.25, -0.2) is 0 Å². The Hall–Kier alpha value is -0.900. The Morgan fingerprint density at radius 3 is 2.71 bits per heavy atom. The Morgan fingerprint density at radius 1 is 1.18 bits per heavy atom. The van der Waals surface area contributed by atoms with E-state index in [1.165, 1.54) is 11.1 Å². The lowest BCUT2D eigenvalue weighted by Crippen LogP contribution is -2.21. The number of aliphatic hydroxyl groups excluding tert-OH is 1. The van der Waals surface area contributed by atoms with Gasteiger partial charge in [0.1, 0.15) is 0 Å². The van der Waals surface area contributed by atoms with Crippen LogP contribution in [0.1, 0.15) is 48.9 Å². The van der Waals surface area contributed by atoms with E-state index in [4.69, 9.17) is 10.8 Å². The molecule has 0 spiro atoms. The van der Waals surface area contributed by atoms with E-state index in [1.54, 1.807) is 0 Å². The number of hydrogen-bond donors (Lipinski definition) is 3. The Kier molecular flexibility index (Phi) is 4.54. The molecular weight excluding hydrogens is 212 g/mol. The van der Waals surface area contributed by atoms with Crippen molar-refractivity contribution >= 4 is 0 Å². The molecule has 0 bridgehead atoms. The highest BCUT2D eigenvalue weighted by Gasteiger charge is 2.27. The van der Waals surface area contributed by atoms with Crippen LogP contribution in [0.2, 0.25) is 0 Å². The van der Waals surface area contributed by atoms with Crippen LogP contribution >= 0.6 is 0 Å². The molecule has 0 aliphatic heterocycles. The topological polar surface area (TPSA) is 58.3 Å². The van der Waals surface area contributed by atoms with E-state index in [1.807, 2.05) is 0 Å². The van der Waals surface area contributed by atoms with Crippen molar-refractivity contribution in [3.8, 4) is 0 Å². The van der Waals surface area contributed by atoms with Crippen LogP contribution in [-0.4, -0.2) is 18.3 Å². The number of nitrogens with one attached hydrogen (secondary N) is 1. The molecule has 0 saturated heterocycles. The fourth-order valence-corrected chi connectivity index (χ4v) is 2.56. The number of unbranched alkanes of at least 4 members (excludes halogenated alkanes) is 2. The summed E-state index contributed by atoms with van der Waals surface area (Å²) in [7, 11) is 0. The molecule has 1 aliphatic rings. The van der Waals surface area contributed by atoms with E-state index in [9.17, 15) is 0 Å². The average molecular weight is 234 g/mol. The van der Waals surface area contributed by atoms with Crippen molar-refractivity contribution in [1.82, 2.24) is 5.32 Å². The van der Waals surface area contributed by atoms with Gasteiger partial charge < -0.3 is 16.2 Å². The highest BCUT2D eigenvalue weighted by Crippen LogP contribution is 2.36. The lowest BCUT2D eigenvalue weighted by atomic mass is 10.1. The van der Waals surface area contributed by atoms with Crippen LogP contribution in [0.15, 0.2) is 24.3 Å². The van der Waals surface area contributed by atoms with Gasteiger partial charge in [-0.3, -0.25) is 0 Å². The predicted molar refractivity (Wildman–Crippen MR) is 69.7 cm³/mol. The molecule has 0 radical (unpaired) electrons. The minimum Gasteiger partial charge on any atom is -0.396 e. The summed E-state index contributed by atoms with van der Waals surface area (Å²) in [4.78, 5) is 0. The van der Waals surface area contributed by atoms with Crippen molar-refractivity contribution in [2.75, 3.05) is 13.2 Å². The molecular formula is C14H22N2O. The molecule has 94 valence electrons. The number of hydrogen-bond acceptors (Lipinski definition) is 3. The first kappa shape index (κ1) is 12.6. The summed E-state index contributed by atoms with van der Waals surface area (Å²) in [6, 6.07) is 9.04. The van der Waals surface area contributed by atoms with E-state index >= 15 is 0 Å². The van der Waals surface area contributed by atoms with Crippen molar-refractivity contribution in [1.29, 1.82) is 0 Å². The van der Waals surface area contributed by atoms with Crippen molar-refractivity contribution in [2.24, 2.45) is 5.73 Å². The van der Waals surface area contributed by atoms with Crippen LogP contribution in [0.3, 0.4) is 0 Å². The third-order valence-electron chi connectivity index (χ3n) is 3.49. The SMILES string of the molecule is NC1CC(NCCCCCO)c2ccccc21. The molecule has 3 heteroatoms. The van der Waals surface area contributed by atoms with Crippen LogP contribution in [0.25, 0.3) is 0 Å². The van der Waals surface area contributed by atoms with Crippen LogP contribution in [0.5, 0.6) is 0 Å². The van der Waals surface area contributed by atoms with Gasteiger partial charge in [0.15, 0.2) is 0 Å². The number of nitrogens with two attached hydrogens (primary N) is 1. The highest BCUT2D eigenvalue weighted by molar-refractivity contribution is 5.37. The predicted octanol–water partition coefficient (Wildman–Crippen LogP) is 1.88. The summed E-state index contributed by atoms with van der Waals surface area (Å²) in [6.45, 7) is 1.31. The third-order valence-corrected chi connectivity index (χ3v) is 3.49. The molecule has 0 aromatic heterocycles. The van der Waals surface area contributed by atoms with Gasteiger partial charge in [-0.15, -0.1) is 0 Å². The number of aliphatic hydroxyl groups is 1. The Labute approximate surface area is 103 Å². The fraction of sp³-hybridized carbons (Fsp3) is 0.571. The summed E-state index contributed by atoms with van der Waals surface area (Å²) >= 11 is 0. The second-order valence-electron chi connectivity index (χ2n) is 4.76. The van der Waals surface area contributed by atoms with Crippen molar-refractivity contribution in [3.63, 3.8) is 0 Å². The molecule has 0 heterocycles. The Bertz CT molecular complexity index is 354. The van der Waals surface area contributed by atoms with Gasteiger partial charge in [-0.05, 0) is 43.4 Å². The number of benzene rings is 1. The quantitative estimate of drug-likeness (QED) is 0.659. The highest BCUT2D eigenvalue weighted by atomic mass is 16.2. The van der Waals surface area contributed by atoms with E-state index in [0.29, 0.717) is 12.6 Å².